The Morgan fingerprint density at radius 2 is 1.96 bits per heavy atom. The molecule has 1 aromatic carbocycles. The molecule has 1 N–H and O–H groups in total. The van der Waals surface area contributed by atoms with Gasteiger partial charge in [0.25, 0.3) is 5.91 Å². The van der Waals surface area contributed by atoms with Crippen LogP contribution in [0.1, 0.15) is 6.42 Å². The molecule has 3 rings (SSSR count). The van der Waals surface area contributed by atoms with E-state index in [0.717, 1.165) is 0 Å². The first kappa shape index (κ1) is 19.0. The number of hydrogen-bond donors (Lipinski definition) is 1. The van der Waals surface area contributed by atoms with Crippen molar-refractivity contribution in [2.45, 2.75) is 18.5 Å². The van der Waals surface area contributed by atoms with Crippen LogP contribution < -0.4 is 39.6 Å². The van der Waals surface area contributed by atoms with Crippen molar-refractivity contribution < 1.29 is 56.9 Å². The maximum absolute atomic E-state index is 12.2. The third-order valence-corrected chi connectivity index (χ3v) is 4.91. The quantitative estimate of drug-likeness (QED) is 0.347. The molecule has 0 saturated carbocycles. The Hall–Kier alpha value is -1.33. The van der Waals surface area contributed by atoms with E-state index in [1.54, 1.807) is 24.3 Å². The summed E-state index contributed by atoms with van der Waals surface area (Å²) in [6, 6.07) is 4.45. The van der Waals surface area contributed by atoms with Crippen molar-refractivity contribution in [3.63, 3.8) is 0 Å². The number of hydrogen-bond acceptors (Lipinski definition) is 6. The molecule has 0 bridgehead atoms. The van der Waals surface area contributed by atoms with Gasteiger partial charge in [-0.3, -0.25) is 4.79 Å². The smallest absolute Gasteiger partial charge is 0.731 e. The zero-order chi connectivity index (χ0) is 16.8. The van der Waals surface area contributed by atoms with Crippen LogP contribution in [-0.4, -0.2) is 59.9 Å². The number of likely N-dealkylation sites (tertiary alicyclic amines) is 1. The number of carbonyl (C=O) groups is 2. The largest absolute Gasteiger partial charge is 1.00 e. The van der Waals surface area contributed by atoms with Crippen molar-refractivity contribution in [2.75, 3.05) is 19.0 Å². The van der Waals surface area contributed by atoms with Gasteiger partial charge in [-0.15, -0.1) is 0 Å². The fourth-order valence-electron chi connectivity index (χ4n) is 2.90. The summed E-state index contributed by atoms with van der Waals surface area (Å²) in [5, 5.41) is 2.63. The van der Waals surface area contributed by atoms with Crippen LogP contribution in [-0.2, 0) is 15.1 Å². The third kappa shape index (κ3) is 3.24. The summed E-state index contributed by atoms with van der Waals surface area (Å²) in [7, 11) is -3.30. The second kappa shape index (κ2) is 6.89. The summed E-state index contributed by atoms with van der Waals surface area (Å²) in [5.74, 6) is -0.220. The molecule has 124 valence electrons. The van der Waals surface area contributed by atoms with Gasteiger partial charge in [0.2, 0.25) is 0 Å². The van der Waals surface area contributed by atoms with Gasteiger partial charge in [-0.05, 0) is 30.7 Å². The van der Waals surface area contributed by atoms with Crippen LogP contribution in [0.5, 0.6) is 5.75 Å². The third-order valence-electron chi connectivity index (χ3n) is 3.98. The van der Waals surface area contributed by atoms with Gasteiger partial charge in [-0.2, -0.15) is 0 Å². The topological polar surface area (TPSA) is 119 Å². The number of ether oxygens (including phenoxy) is 1. The summed E-state index contributed by atoms with van der Waals surface area (Å²) >= 11 is 0. The SMILES string of the molecule is COc1ccc(NC(=O)N2CC[C@@H]3[C@H]2C(=O)N3S(=O)(=O)[O-])cc1.[Na+]. The number of methoxy groups -OCH3 is 1. The molecule has 2 heterocycles. The molecule has 9 nitrogen and oxygen atoms in total. The maximum atomic E-state index is 12.2. The van der Waals surface area contributed by atoms with Crippen LogP contribution in [0.3, 0.4) is 0 Å². The Morgan fingerprint density at radius 3 is 2.50 bits per heavy atom. The molecule has 0 radical (unpaired) electrons. The summed E-state index contributed by atoms with van der Waals surface area (Å²) in [6.07, 6.45) is 0.258. The number of β-lactam (4-membered cyclic amide) rings is 1. The number of urea groups is 1. The van der Waals surface area contributed by atoms with Crippen LogP contribution in [0.2, 0.25) is 0 Å². The van der Waals surface area contributed by atoms with Crippen molar-refractivity contribution in [1.29, 1.82) is 0 Å². The zero-order valence-electron chi connectivity index (χ0n) is 13.1. The monoisotopic (exact) mass is 363 g/mol. The number of amides is 3. The van der Waals surface area contributed by atoms with E-state index in [4.69, 9.17) is 4.74 Å². The van der Waals surface area contributed by atoms with Gasteiger partial charge < -0.3 is 19.5 Å². The van der Waals surface area contributed by atoms with E-state index in [1.165, 1.54) is 12.0 Å². The van der Waals surface area contributed by atoms with E-state index in [0.29, 0.717) is 15.7 Å². The summed E-state index contributed by atoms with van der Waals surface area (Å²) < 4.78 is 38.4. The summed E-state index contributed by atoms with van der Waals surface area (Å²) in [5.41, 5.74) is 0.513. The molecule has 11 heteroatoms. The number of nitrogens with one attached hydrogen (secondary N) is 1. The first-order valence-corrected chi connectivity index (χ1v) is 8.20. The van der Waals surface area contributed by atoms with Gasteiger partial charge >= 0.3 is 35.6 Å². The molecule has 2 atom stereocenters. The number of fused-ring (bicyclic) bond motifs is 1. The summed E-state index contributed by atoms with van der Waals surface area (Å²) in [4.78, 5) is 25.3. The Bertz CT molecular complexity index is 753. The number of anilines is 1. The number of rotatable bonds is 3. The van der Waals surface area contributed by atoms with E-state index in [9.17, 15) is 22.6 Å². The first-order valence-electron chi connectivity index (χ1n) is 6.83. The molecule has 0 spiro atoms. The van der Waals surface area contributed by atoms with Crippen LogP contribution in [0.4, 0.5) is 10.5 Å². The second-order valence-corrected chi connectivity index (χ2v) is 6.49. The minimum Gasteiger partial charge on any atom is -0.731 e. The van der Waals surface area contributed by atoms with Gasteiger partial charge in [-0.25, -0.2) is 17.5 Å². The van der Waals surface area contributed by atoms with Crippen LogP contribution >= 0.6 is 0 Å². The molecular weight excluding hydrogens is 349 g/mol. The Kier molecular flexibility index (Phi) is 5.45. The Labute approximate surface area is 161 Å². The minimum atomic E-state index is -4.82. The van der Waals surface area contributed by atoms with E-state index < -0.39 is 34.3 Å². The normalized spacial score (nSPS) is 22.3. The van der Waals surface area contributed by atoms with Crippen molar-refractivity contribution in [3.05, 3.63) is 24.3 Å². The standard InChI is InChI=1S/C13H15N3O6S.Na/c1-22-9-4-2-8(3-5-9)14-13(18)15-7-6-10-11(15)12(17)16(10)23(19,20)21;/h2-5,10-11H,6-7H2,1H3,(H,14,18)(H,19,20,21);/q;+1/p-1/t10-,11+;/m1./s1. The van der Waals surface area contributed by atoms with Crippen molar-refractivity contribution in [3.8, 4) is 5.75 Å². The van der Waals surface area contributed by atoms with Crippen LogP contribution in [0, 0.1) is 0 Å². The zero-order valence-corrected chi connectivity index (χ0v) is 15.9. The van der Waals surface area contributed by atoms with Crippen molar-refractivity contribution in [2.24, 2.45) is 0 Å². The average Bonchev–Trinajstić information content (AvgIpc) is 2.85. The molecule has 3 amide bonds. The summed E-state index contributed by atoms with van der Waals surface area (Å²) in [6.45, 7) is 0.203. The first-order chi connectivity index (χ1) is 10.8. The van der Waals surface area contributed by atoms with E-state index in [1.807, 2.05) is 0 Å². The fraction of sp³-hybridized carbons (Fsp3) is 0.385. The van der Waals surface area contributed by atoms with Crippen molar-refractivity contribution >= 4 is 27.9 Å². The average molecular weight is 363 g/mol. The van der Waals surface area contributed by atoms with Gasteiger partial charge in [0.1, 0.15) is 11.8 Å². The number of benzene rings is 1. The van der Waals surface area contributed by atoms with Gasteiger partial charge in [-0.1, -0.05) is 0 Å². The Morgan fingerprint density at radius 1 is 1.33 bits per heavy atom. The Balaban J connectivity index is 0.00000208. The van der Waals surface area contributed by atoms with Gasteiger partial charge in [0, 0.05) is 12.2 Å². The maximum Gasteiger partial charge on any atom is 1.00 e. The van der Waals surface area contributed by atoms with Crippen LogP contribution in [0.15, 0.2) is 24.3 Å². The molecule has 2 aliphatic rings. The van der Waals surface area contributed by atoms with Gasteiger partial charge in [0.15, 0.2) is 10.3 Å². The molecular formula is C13H14N3NaO6S. The molecule has 0 unspecified atom stereocenters. The number of nitrogens with zero attached hydrogens (tertiary/aromatic N) is 2. The molecule has 2 fully saturated rings. The second-order valence-electron chi connectivity index (χ2n) is 5.24. The minimum absolute atomic E-state index is 0. The predicted octanol–water partition coefficient (Wildman–Crippen LogP) is -3.02. The number of carbonyl (C=O) groups excluding carboxylic acids is 2. The molecule has 2 aliphatic heterocycles. The molecule has 0 aromatic heterocycles. The van der Waals surface area contributed by atoms with E-state index in [2.05, 4.69) is 5.32 Å². The van der Waals surface area contributed by atoms with Gasteiger partial charge in [0.05, 0.1) is 13.2 Å². The van der Waals surface area contributed by atoms with Crippen molar-refractivity contribution in [1.82, 2.24) is 9.21 Å². The molecule has 24 heavy (non-hydrogen) atoms. The van der Waals surface area contributed by atoms with E-state index >= 15 is 0 Å². The fourth-order valence-corrected chi connectivity index (χ4v) is 3.79. The molecule has 0 aliphatic carbocycles. The predicted molar refractivity (Wildman–Crippen MR) is 77.5 cm³/mol. The molecule has 1 aromatic rings. The van der Waals surface area contributed by atoms with Crippen LogP contribution in [0.25, 0.3) is 0 Å². The molecule has 2 saturated heterocycles. The van der Waals surface area contributed by atoms with E-state index in [-0.39, 0.29) is 42.5 Å².